The van der Waals surface area contributed by atoms with E-state index >= 15 is 0 Å². The number of esters is 1. The van der Waals surface area contributed by atoms with Crippen molar-refractivity contribution in [3.05, 3.63) is 69.7 Å². The number of halogens is 1. The zero-order chi connectivity index (χ0) is 29.5. The molecule has 2 atom stereocenters. The highest BCUT2D eigenvalue weighted by atomic mass is 79.9. The molecule has 0 aromatic heterocycles. The van der Waals surface area contributed by atoms with Gasteiger partial charge in [0.25, 0.3) is 0 Å². The van der Waals surface area contributed by atoms with E-state index in [1.165, 1.54) is 7.11 Å². The van der Waals surface area contributed by atoms with Crippen LogP contribution in [0.3, 0.4) is 0 Å². The Morgan fingerprint density at radius 2 is 1.82 bits per heavy atom. The van der Waals surface area contributed by atoms with Crippen LogP contribution in [0.1, 0.15) is 28.4 Å². The number of methoxy groups -OCH3 is 1. The second-order valence-electron chi connectivity index (χ2n) is 10.7. The number of sulfonamides is 1. The number of nitrogens with one attached hydrogen (secondary N) is 1. The van der Waals surface area contributed by atoms with Crippen LogP contribution in [0.15, 0.2) is 53.0 Å². The number of amides is 2. The topological polar surface area (TPSA) is 128 Å². The molecule has 0 radical (unpaired) electrons. The first-order valence-corrected chi connectivity index (χ1v) is 18.8. The molecule has 218 valence electrons. The quantitative estimate of drug-likeness (QED) is 0.203. The molecule has 2 amide bonds. The molecule has 1 saturated heterocycles. The van der Waals surface area contributed by atoms with E-state index in [-0.39, 0.29) is 26.2 Å². The van der Waals surface area contributed by atoms with E-state index in [9.17, 15) is 22.8 Å². The molecule has 1 heterocycles. The van der Waals surface area contributed by atoms with Gasteiger partial charge in [-0.3, -0.25) is 4.79 Å². The molecule has 1 fully saturated rings. The Bertz CT molecular complexity index is 1320. The van der Waals surface area contributed by atoms with Crippen LogP contribution in [0.5, 0.6) is 0 Å². The number of rotatable bonds is 12. The molecule has 40 heavy (non-hydrogen) atoms. The molecule has 3 rings (SSSR count). The molecule has 0 aliphatic carbocycles. The Hall–Kier alpha value is -2.74. The van der Waals surface area contributed by atoms with Crippen molar-refractivity contribution in [3.63, 3.8) is 0 Å². The highest BCUT2D eigenvalue weighted by Gasteiger charge is 2.46. The number of hydrogen-bond donors (Lipinski definition) is 1. The van der Waals surface area contributed by atoms with Crippen LogP contribution < -0.4 is 5.32 Å². The minimum Gasteiger partial charge on any atom is -0.467 e. The van der Waals surface area contributed by atoms with E-state index in [0.29, 0.717) is 22.2 Å². The number of ether oxygens (including phenoxy) is 3. The second kappa shape index (κ2) is 13.7. The molecule has 0 saturated carbocycles. The summed E-state index contributed by atoms with van der Waals surface area (Å²) in [7, 11) is -4.12. The molecule has 2 aromatic carbocycles. The molecule has 13 heteroatoms. The molecule has 1 N–H and O–H groups in total. The van der Waals surface area contributed by atoms with Gasteiger partial charge in [-0.2, -0.15) is 0 Å². The van der Waals surface area contributed by atoms with E-state index in [2.05, 4.69) is 40.9 Å². The van der Waals surface area contributed by atoms with Crippen molar-refractivity contribution in [2.24, 2.45) is 0 Å². The molecule has 0 spiro atoms. The standard InChI is InChI=1S/C27H35BrN2O8SSi/c1-36-26(32)23(29-27(33)38-17-19-8-6-5-7-9-19)15-20-10-11-21(22(28)14-20)24-16-25(31)30(39(24,34)35)18-37-12-13-40(2,3)4/h5-11,14,23-24H,12-13,15-18H2,1-4H3,(H,29,33)/t23-,24?/m0/s1. The molecular weight excluding hydrogens is 620 g/mol. The van der Waals surface area contributed by atoms with Gasteiger partial charge in [0.05, 0.1) is 13.5 Å². The predicted octanol–water partition coefficient (Wildman–Crippen LogP) is 4.38. The van der Waals surface area contributed by atoms with E-state index in [0.717, 1.165) is 15.9 Å². The van der Waals surface area contributed by atoms with Gasteiger partial charge in [0.15, 0.2) is 0 Å². The van der Waals surface area contributed by atoms with Crippen molar-refractivity contribution in [3.8, 4) is 0 Å². The van der Waals surface area contributed by atoms with Crippen LogP contribution in [0, 0.1) is 0 Å². The summed E-state index contributed by atoms with van der Waals surface area (Å²) < 4.78 is 43.3. The normalized spacial score (nSPS) is 17.4. The number of benzene rings is 2. The maximum Gasteiger partial charge on any atom is 0.408 e. The van der Waals surface area contributed by atoms with Gasteiger partial charge in [0, 0.05) is 25.6 Å². The lowest BCUT2D eigenvalue weighted by molar-refractivity contribution is -0.143. The summed E-state index contributed by atoms with van der Waals surface area (Å²) in [4.78, 5) is 37.3. The minimum atomic E-state index is -3.97. The number of hydrogen-bond acceptors (Lipinski definition) is 8. The zero-order valence-corrected chi connectivity index (χ0v) is 26.4. The van der Waals surface area contributed by atoms with Gasteiger partial charge in [0.1, 0.15) is 24.6 Å². The third-order valence-electron chi connectivity index (χ3n) is 6.35. The summed E-state index contributed by atoms with van der Waals surface area (Å²) in [6.07, 6.45) is -0.908. The van der Waals surface area contributed by atoms with Gasteiger partial charge >= 0.3 is 12.1 Å². The summed E-state index contributed by atoms with van der Waals surface area (Å²) >= 11 is 3.43. The fourth-order valence-electron chi connectivity index (χ4n) is 4.04. The smallest absolute Gasteiger partial charge is 0.408 e. The Balaban J connectivity index is 1.66. The van der Waals surface area contributed by atoms with Gasteiger partial charge in [0.2, 0.25) is 15.9 Å². The number of carbonyl (C=O) groups is 3. The zero-order valence-electron chi connectivity index (χ0n) is 23.0. The molecule has 2 aromatic rings. The van der Waals surface area contributed by atoms with Crippen molar-refractivity contribution in [1.82, 2.24) is 9.62 Å². The molecule has 1 unspecified atom stereocenters. The van der Waals surface area contributed by atoms with Gasteiger partial charge < -0.3 is 19.5 Å². The first kappa shape index (κ1) is 31.8. The lowest BCUT2D eigenvalue weighted by Crippen LogP contribution is -2.43. The van der Waals surface area contributed by atoms with Crippen molar-refractivity contribution >= 4 is 52.0 Å². The molecular formula is C27H35BrN2O8SSi. The monoisotopic (exact) mass is 654 g/mol. The molecule has 10 nitrogen and oxygen atoms in total. The summed E-state index contributed by atoms with van der Waals surface area (Å²) in [6.45, 7) is 6.69. The van der Waals surface area contributed by atoms with Crippen LogP contribution in [0.4, 0.5) is 4.79 Å². The summed E-state index contributed by atoms with van der Waals surface area (Å²) in [5, 5.41) is 1.46. The van der Waals surface area contributed by atoms with Crippen LogP contribution >= 0.6 is 15.9 Å². The SMILES string of the molecule is COC(=O)[C@H](Cc1ccc(C2CC(=O)N(COCC[Si](C)(C)C)S2(=O)=O)c(Br)c1)NC(=O)OCc1ccccc1. The second-order valence-corrected chi connectivity index (χ2v) is 19.2. The third-order valence-corrected chi connectivity index (χ3v) is 10.8. The largest absolute Gasteiger partial charge is 0.467 e. The average Bonchev–Trinajstić information content (AvgIpc) is 3.12. The Kier molecular flexibility index (Phi) is 10.9. The van der Waals surface area contributed by atoms with Crippen molar-refractivity contribution in [2.75, 3.05) is 20.4 Å². The van der Waals surface area contributed by atoms with Crippen molar-refractivity contribution < 1.29 is 37.0 Å². The van der Waals surface area contributed by atoms with Crippen molar-refractivity contribution in [1.29, 1.82) is 0 Å². The lowest BCUT2D eigenvalue weighted by atomic mass is 10.0. The fraction of sp³-hybridized carbons (Fsp3) is 0.444. The summed E-state index contributed by atoms with van der Waals surface area (Å²) in [5.41, 5.74) is 1.85. The number of nitrogens with zero attached hydrogens (tertiary/aromatic N) is 1. The van der Waals surface area contributed by atoms with Gasteiger partial charge in [-0.1, -0.05) is 78.0 Å². The van der Waals surface area contributed by atoms with Crippen LogP contribution in [-0.4, -0.2) is 65.3 Å². The van der Waals surface area contributed by atoms with Gasteiger partial charge in [-0.05, 0) is 28.8 Å². The lowest BCUT2D eigenvalue weighted by Gasteiger charge is -2.20. The first-order chi connectivity index (χ1) is 18.8. The molecule has 1 aliphatic heterocycles. The Morgan fingerprint density at radius 1 is 1.12 bits per heavy atom. The fourth-order valence-corrected chi connectivity index (χ4v) is 7.42. The highest BCUT2D eigenvalue weighted by Crippen LogP contribution is 2.39. The van der Waals surface area contributed by atoms with Gasteiger partial charge in [-0.25, -0.2) is 22.3 Å². The number of carbonyl (C=O) groups excluding carboxylic acids is 3. The minimum absolute atomic E-state index is 0.0375. The van der Waals surface area contributed by atoms with Gasteiger partial charge in [-0.15, -0.1) is 0 Å². The Morgan fingerprint density at radius 3 is 2.45 bits per heavy atom. The first-order valence-electron chi connectivity index (χ1n) is 12.8. The summed E-state index contributed by atoms with van der Waals surface area (Å²) in [5.74, 6) is -1.18. The van der Waals surface area contributed by atoms with Crippen LogP contribution in [0.2, 0.25) is 25.7 Å². The molecule has 1 aliphatic rings. The van der Waals surface area contributed by atoms with Crippen LogP contribution in [-0.2, 0) is 46.9 Å². The van der Waals surface area contributed by atoms with E-state index in [1.807, 2.05) is 30.3 Å². The Labute approximate surface area is 244 Å². The molecule has 0 bridgehead atoms. The van der Waals surface area contributed by atoms with E-state index in [4.69, 9.17) is 14.2 Å². The van der Waals surface area contributed by atoms with E-state index < -0.39 is 47.4 Å². The third kappa shape index (κ3) is 8.63. The summed E-state index contributed by atoms with van der Waals surface area (Å²) in [6, 6.07) is 13.9. The number of alkyl carbamates (subject to hydrolysis) is 1. The maximum absolute atomic E-state index is 13.2. The van der Waals surface area contributed by atoms with Crippen LogP contribution in [0.25, 0.3) is 0 Å². The predicted molar refractivity (Wildman–Crippen MR) is 156 cm³/mol. The van der Waals surface area contributed by atoms with E-state index in [1.54, 1.807) is 18.2 Å². The maximum atomic E-state index is 13.2. The average molecular weight is 656 g/mol. The highest BCUT2D eigenvalue weighted by molar-refractivity contribution is 9.10. The van der Waals surface area contributed by atoms with Crippen molar-refractivity contribution in [2.45, 2.75) is 56.4 Å².